The van der Waals surface area contributed by atoms with Gasteiger partial charge in [0.05, 0.1) is 11.1 Å². The van der Waals surface area contributed by atoms with Crippen LogP contribution in [0, 0.1) is 3.57 Å². The van der Waals surface area contributed by atoms with Crippen molar-refractivity contribution in [1.82, 2.24) is 15.3 Å². The zero-order chi connectivity index (χ0) is 18.8. The lowest BCUT2D eigenvalue weighted by Crippen LogP contribution is -2.45. The van der Waals surface area contributed by atoms with Crippen LogP contribution in [-0.2, 0) is 0 Å². The molecule has 0 saturated carbocycles. The van der Waals surface area contributed by atoms with Crippen LogP contribution in [0.15, 0.2) is 48.8 Å². The van der Waals surface area contributed by atoms with Gasteiger partial charge in [0.25, 0.3) is 5.91 Å². The Morgan fingerprint density at radius 3 is 2.70 bits per heavy atom. The average Bonchev–Trinajstić information content (AvgIpc) is 2.68. The molecular weight excluding hydrogens is 475 g/mol. The number of anilines is 1. The van der Waals surface area contributed by atoms with Crippen LogP contribution in [0.1, 0.15) is 23.2 Å². The second-order valence-corrected chi connectivity index (χ2v) is 8.17. The number of nitrogens with zero attached hydrogens (tertiary/aromatic N) is 3. The van der Waals surface area contributed by atoms with E-state index in [1.807, 2.05) is 42.5 Å². The number of amides is 1. The molecule has 0 radical (unpaired) electrons. The van der Waals surface area contributed by atoms with Crippen LogP contribution < -0.4 is 10.2 Å². The topological polar surface area (TPSA) is 58.1 Å². The fraction of sp³-hybridized carbons (Fsp3) is 0.250. The van der Waals surface area contributed by atoms with Crippen LogP contribution in [0.2, 0.25) is 5.02 Å². The van der Waals surface area contributed by atoms with Gasteiger partial charge in [-0.1, -0.05) is 23.7 Å². The largest absolute Gasteiger partial charge is 0.356 e. The highest BCUT2D eigenvalue weighted by Gasteiger charge is 2.23. The van der Waals surface area contributed by atoms with Gasteiger partial charge in [0, 0.05) is 33.1 Å². The maximum atomic E-state index is 12.5. The fourth-order valence-corrected chi connectivity index (χ4v) is 4.21. The van der Waals surface area contributed by atoms with E-state index in [2.05, 4.69) is 42.8 Å². The highest BCUT2D eigenvalue weighted by Crippen LogP contribution is 2.27. The van der Waals surface area contributed by atoms with E-state index in [0.29, 0.717) is 5.02 Å². The van der Waals surface area contributed by atoms with Crippen LogP contribution in [-0.4, -0.2) is 35.0 Å². The highest BCUT2D eigenvalue weighted by molar-refractivity contribution is 14.1. The van der Waals surface area contributed by atoms with E-state index >= 15 is 0 Å². The summed E-state index contributed by atoms with van der Waals surface area (Å²) < 4.78 is 0.969. The number of fused-ring (bicyclic) bond motifs is 1. The second kappa shape index (κ2) is 7.98. The summed E-state index contributed by atoms with van der Waals surface area (Å²) >= 11 is 8.27. The summed E-state index contributed by atoms with van der Waals surface area (Å²) in [6.45, 7) is 1.68. The third-order valence-corrected chi connectivity index (χ3v) is 6.00. The molecule has 1 saturated heterocycles. The predicted molar refractivity (Wildman–Crippen MR) is 116 cm³/mol. The number of carbonyl (C=O) groups is 1. The Balaban J connectivity index is 1.44. The first-order chi connectivity index (χ1) is 13.1. The van der Waals surface area contributed by atoms with Crippen molar-refractivity contribution in [3.8, 4) is 0 Å². The van der Waals surface area contributed by atoms with Gasteiger partial charge in [-0.15, -0.1) is 0 Å². The predicted octanol–water partition coefficient (Wildman–Crippen LogP) is 4.29. The molecule has 138 valence electrons. The van der Waals surface area contributed by atoms with Gasteiger partial charge in [-0.3, -0.25) is 4.79 Å². The molecule has 0 bridgehead atoms. The zero-order valence-corrected chi connectivity index (χ0v) is 17.4. The molecule has 2 aromatic carbocycles. The highest BCUT2D eigenvalue weighted by atomic mass is 127. The standard InChI is InChI=1S/C20H18ClIN4O/c21-13-5-6-16-18(11-13)23-12-24-19(16)26-9-7-14(8-10-26)25-20(27)15-3-1-2-4-17(15)22/h1-6,11-12,14H,7-10H2,(H,25,27). The molecule has 0 unspecified atom stereocenters. The number of hydrogen-bond donors (Lipinski definition) is 1. The van der Waals surface area contributed by atoms with E-state index in [4.69, 9.17) is 11.6 Å². The normalized spacial score (nSPS) is 15.1. The van der Waals surface area contributed by atoms with Crippen LogP contribution in [0.3, 0.4) is 0 Å². The molecule has 5 nitrogen and oxygen atoms in total. The lowest BCUT2D eigenvalue weighted by molar-refractivity contribution is 0.0930. The molecule has 1 fully saturated rings. The van der Waals surface area contributed by atoms with Gasteiger partial charge < -0.3 is 10.2 Å². The Bertz CT molecular complexity index is 989. The van der Waals surface area contributed by atoms with E-state index in [-0.39, 0.29) is 11.9 Å². The van der Waals surface area contributed by atoms with Crippen molar-refractivity contribution >= 4 is 56.8 Å². The minimum atomic E-state index is 0.000535. The van der Waals surface area contributed by atoms with Crippen molar-refractivity contribution in [2.75, 3.05) is 18.0 Å². The first-order valence-electron chi connectivity index (χ1n) is 8.82. The third kappa shape index (κ3) is 4.01. The van der Waals surface area contributed by atoms with Gasteiger partial charge in [-0.2, -0.15) is 0 Å². The number of hydrogen-bond acceptors (Lipinski definition) is 4. The number of benzene rings is 2. The van der Waals surface area contributed by atoms with Crippen molar-refractivity contribution in [2.45, 2.75) is 18.9 Å². The molecule has 27 heavy (non-hydrogen) atoms. The van der Waals surface area contributed by atoms with Gasteiger partial charge in [0.15, 0.2) is 0 Å². The van der Waals surface area contributed by atoms with Crippen molar-refractivity contribution in [1.29, 1.82) is 0 Å². The number of rotatable bonds is 3. The van der Waals surface area contributed by atoms with E-state index in [0.717, 1.165) is 51.8 Å². The van der Waals surface area contributed by atoms with Crippen LogP contribution in [0.5, 0.6) is 0 Å². The van der Waals surface area contributed by atoms with E-state index in [1.54, 1.807) is 6.33 Å². The van der Waals surface area contributed by atoms with Gasteiger partial charge >= 0.3 is 0 Å². The Morgan fingerprint density at radius 1 is 1.15 bits per heavy atom. The molecular formula is C20H18ClIN4O. The summed E-state index contributed by atoms with van der Waals surface area (Å²) in [4.78, 5) is 23.6. The molecule has 1 aliphatic heterocycles. The van der Waals surface area contributed by atoms with E-state index in [9.17, 15) is 4.79 Å². The summed E-state index contributed by atoms with van der Waals surface area (Å²) in [6, 6.07) is 13.5. The SMILES string of the molecule is O=C(NC1CCN(c2ncnc3cc(Cl)ccc23)CC1)c1ccccc1I. The minimum absolute atomic E-state index is 0.000535. The molecule has 2 heterocycles. The molecule has 3 aromatic rings. The van der Waals surface area contributed by atoms with Crippen molar-refractivity contribution in [3.63, 3.8) is 0 Å². The van der Waals surface area contributed by atoms with Gasteiger partial charge in [-0.25, -0.2) is 9.97 Å². The molecule has 0 spiro atoms. The third-order valence-electron chi connectivity index (χ3n) is 4.83. The zero-order valence-electron chi connectivity index (χ0n) is 14.5. The van der Waals surface area contributed by atoms with E-state index in [1.165, 1.54) is 0 Å². The Labute approximate surface area is 176 Å². The first kappa shape index (κ1) is 18.4. The number of carbonyl (C=O) groups excluding carboxylic acids is 1. The van der Waals surface area contributed by atoms with Crippen molar-refractivity contribution < 1.29 is 4.79 Å². The molecule has 0 atom stereocenters. The van der Waals surface area contributed by atoms with Crippen LogP contribution in [0.25, 0.3) is 10.9 Å². The van der Waals surface area contributed by atoms with Crippen LogP contribution >= 0.6 is 34.2 Å². The number of nitrogens with one attached hydrogen (secondary N) is 1. The number of piperidine rings is 1. The maximum absolute atomic E-state index is 12.5. The van der Waals surface area contributed by atoms with Gasteiger partial charge in [-0.05, 0) is 65.8 Å². The molecule has 1 N–H and O–H groups in total. The molecule has 7 heteroatoms. The number of halogens is 2. The Hall–Kier alpha value is -1.93. The first-order valence-corrected chi connectivity index (χ1v) is 10.3. The maximum Gasteiger partial charge on any atom is 0.252 e. The molecule has 4 rings (SSSR count). The fourth-order valence-electron chi connectivity index (χ4n) is 3.41. The lowest BCUT2D eigenvalue weighted by Gasteiger charge is -2.33. The minimum Gasteiger partial charge on any atom is -0.356 e. The molecule has 1 aromatic heterocycles. The molecule has 1 amide bonds. The second-order valence-electron chi connectivity index (χ2n) is 6.57. The summed E-state index contributed by atoms with van der Waals surface area (Å²) in [5.41, 5.74) is 1.58. The van der Waals surface area contributed by atoms with Crippen LogP contribution in [0.4, 0.5) is 5.82 Å². The van der Waals surface area contributed by atoms with Gasteiger partial charge in [0.1, 0.15) is 12.1 Å². The monoisotopic (exact) mass is 492 g/mol. The summed E-state index contributed by atoms with van der Waals surface area (Å²) in [5, 5.41) is 4.85. The summed E-state index contributed by atoms with van der Waals surface area (Å²) in [7, 11) is 0. The average molecular weight is 493 g/mol. The smallest absolute Gasteiger partial charge is 0.252 e. The Morgan fingerprint density at radius 2 is 1.93 bits per heavy atom. The summed E-state index contributed by atoms with van der Waals surface area (Å²) in [6.07, 6.45) is 3.35. The molecule has 0 aliphatic carbocycles. The van der Waals surface area contributed by atoms with E-state index < -0.39 is 0 Å². The molecule has 1 aliphatic rings. The lowest BCUT2D eigenvalue weighted by atomic mass is 10.0. The Kier molecular flexibility index (Phi) is 5.45. The quantitative estimate of drug-likeness (QED) is 0.554. The number of aromatic nitrogens is 2. The van der Waals surface area contributed by atoms with Crippen molar-refractivity contribution in [2.24, 2.45) is 0 Å². The van der Waals surface area contributed by atoms with Gasteiger partial charge in [0.2, 0.25) is 0 Å². The summed E-state index contributed by atoms with van der Waals surface area (Å²) in [5.74, 6) is 0.930. The van der Waals surface area contributed by atoms with Crippen molar-refractivity contribution in [3.05, 3.63) is 62.9 Å².